The minimum absolute atomic E-state index is 0.460. The van der Waals surface area contributed by atoms with Crippen LogP contribution in [0, 0.1) is 41.5 Å². The topological polar surface area (TPSA) is 6.48 Å². The summed E-state index contributed by atoms with van der Waals surface area (Å²) in [7, 11) is 0. The van der Waals surface area contributed by atoms with Crippen LogP contribution in [0.15, 0.2) is 84.9 Å². The highest BCUT2D eigenvalue weighted by molar-refractivity contribution is 7.00. The highest BCUT2D eigenvalue weighted by Gasteiger charge is 2.57. The first kappa shape index (κ1) is 24.2. The van der Waals surface area contributed by atoms with Crippen molar-refractivity contribution in [3.05, 3.63) is 118 Å². The number of anilines is 2. The number of nitrogens with zero attached hydrogens (tertiary/aromatic N) is 2. The van der Waals surface area contributed by atoms with E-state index in [4.69, 9.17) is 0 Å². The lowest BCUT2D eigenvalue weighted by Crippen LogP contribution is -2.55. The number of hydrazine groups is 1. The Labute approximate surface area is 215 Å². The van der Waals surface area contributed by atoms with E-state index in [-0.39, 0.29) is 0 Å². The molecule has 0 amide bonds. The molecule has 36 heavy (non-hydrogen) atoms. The molecule has 0 unspecified atom stereocenters. The van der Waals surface area contributed by atoms with Gasteiger partial charge >= 0.3 is 13.7 Å². The van der Waals surface area contributed by atoms with Gasteiger partial charge in [0.2, 0.25) is 0 Å². The Morgan fingerprint density at radius 3 is 1.14 bits per heavy atom. The third-order valence-corrected chi connectivity index (χ3v) is 7.47. The number of halogens is 1. The molecule has 0 atom stereocenters. The zero-order valence-corrected chi connectivity index (χ0v) is 22.1. The Morgan fingerprint density at radius 2 is 0.833 bits per heavy atom. The number of benzene rings is 4. The number of para-hydroxylation sites is 2. The molecule has 1 heterocycles. The van der Waals surface area contributed by atoms with E-state index < -0.39 is 19.7 Å². The van der Waals surface area contributed by atoms with Crippen molar-refractivity contribution in [1.82, 2.24) is 0 Å². The molecule has 4 aromatic carbocycles. The van der Waals surface area contributed by atoms with Crippen molar-refractivity contribution in [2.45, 2.75) is 47.5 Å². The number of rotatable bonds is 4. The third-order valence-electron chi connectivity index (χ3n) is 7.47. The smallest absolute Gasteiger partial charge is 0.333 e. The maximum Gasteiger partial charge on any atom is 0.342 e. The molecule has 1 saturated heterocycles. The molecule has 0 aromatic heterocycles. The Balaban J connectivity index is 1.82. The number of alkyl halides is 1. The summed E-state index contributed by atoms with van der Waals surface area (Å²) in [6.45, 7) is 11.8. The van der Waals surface area contributed by atoms with E-state index in [1.54, 1.807) is 0 Å². The normalized spacial score (nSPS) is 14.2. The predicted molar refractivity (Wildman–Crippen MR) is 155 cm³/mol. The van der Waals surface area contributed by atoms with Crippen molar-refractivity contribution in [3.63, 3.8) is 0 Å². The van der Waals surface area contributed by atoms with E-state index in [0.717, 1.165) is 44.6 Å². The Kier molecular flexibility index (Phi) is 6.42. The van der Waals surface area contributed by atoms with Gasteiger partial charge in [0.25, 0.3) is 0 Å². The van der Waals surface area contributed by atoms with Crippen LogP contribution in [-0.4, -0.2) is 19.7 Å². The van der Waals surface area contributed by atoms with Crippen LogP contribution in [0.3, 0.4) is 0 Å². The summed E-state index contributed by atoms with van der Waals surface area (Å²) in [5, 5.41) is 0. The minimum atomic E-state index is -1.15. The fourth-order valence-electron chi connectivity index (χ4n) is 6.32. The van der Waals surface area contributed by atoms with Gasteiger partial charge in [-0.05, 0) is 76.7 Å². The van der Waals surface area contributed by atoms with E-state index in [1.807, 2.05) is 36.4 Å². The Hall–Kier alpha value is -3.46. The molecular weight excluding hydrogens is 441 g/mol. The quantitative estimate of drug-likeness (QED) is 0.335. The van der Waals surface area contributed by atoms with E-state index in [1.165, 1.54) is 11.1 Å². The van der Waals surface area contributed by atoms with E-state index in [2.05, 4.69) is 99.9 Å². The van der Waals surface area contributed by atoms with E-state index in [9.17, 15) is 0 Å². The van der Waals surface area contributed by atoms with Crippen molar-refractivity contribution in [2.75, 3.05) is 9.84 Å². The average molecular weight is 474 g/mol. The van der Waals surface area contributed by atoms with Crippen LogP contribution in [0.4, 0.5) is 15.8 Å². The molecule has 1 fully saturated rings. The highest BCUT2D eigenvalue weighted by Crippen LogP contribution is 2.35. The van der Waals surface area contributed by atoms with Crippen LogP contribution in [0.5, 0.6) is 0 Å². The molecule has 180 valence electrons. The van der Waals surface area contributed by atoms with Crippen LogP contribution >= 0.6 is 0 Å². The monoisotopic (exact) mass is 474 g/mol. The number of hydrogen-bond donors (Lipinski definition) is 0. The zero-order valence-electron chi connectivity index (χ0n) is 22.1. The summed E-state index contributed by atoms with van der Waals surface area (Å²) < 4.78 is 17.3. The Bertz CT molecular complexity index is 1240. The lowest BCUT2D eigenvalue weighted by atomic mass is 9.34. The minimum Gasteiger partial charge on any atom is -0.333 e. The van der Waals surface area contributed by atoms with Crippen molar-refractivity contribution in [2.24, 2.45) is 0 Å². The predicted octanol–water partition coefficient (Wildman–Crippen LogP) is 5.99. The van der Waals surface area contributed by atoms with Gasteiger partial charge in [-0.2, -0.15) is 0 Å². The molecule has 0 bridgehead atoms. The fourth-order valence-corrected chi connectivity index (χ4v) is 6.32. The summed E-state index contributed by atoms with van der Waals surface area (Å²) in [6.07, 6.45) is 0. The summed E-state index contributed by atoms with van der Waals surface area (Å²) in [6, 6.07) is 29.3. The molecule has 0 spiro atoms. The van der Waals surface area contributed by atoms with E-state index in [0.29, 0.717) is 0 Å². The van der Waals surface area contributed by atoms with Crippen molar-refractivity contribution < 1.29 is 4.39 Å². The van der Waals surface area contributed by atoms with Crippen LogP contribution in [0.1, 0.15) is 33.4 Å². The second-order valence-corrected chi connectivity index (χ2v) is 10.3. The maximum atomic E-state index is 17.3. The van der Waals surface area contributed by atoms with Crippen molar-refractivity contribution in [3.8, 4) is 0 Å². The van der Waals surface area contributed by atoms with Gasteiger partial charge in [0.15, 0.2) is 0 Å². The molecule has 1 aliphatic rings. The highest BCUT2D eigenvalue weighted by atomic mass is 19.1. The first-order chi connectivity index (χ1) is 17.3. The van der Waals surface area contributed by atoms with Crippen LogP contribution in [0.2, 0.25) is 0 Å². The largest absolute Gasteiger partial charge is 0.342 e. The second-order valence-electron chi connectivity index (χ2n) is 10.3. The molecule has 2 nitrogen and oxygen atoms in total. The van der Waals surface area contributed by atoms with Crippen LogP contribution < -0.4 is 20.8 Å². The molecular formula is C31H33B2FN2. The van der Waals surface area contributed by atoms with E-state index >= 15 is 4.39 Å². The molecule has 4 aromatic rings. The third kappa shape index (κ3) is 4.11. The first-order valence-corrected chi connectivity index (χ1v) is 12.8. The molecule has 1 aliphatic heterocycles. The van der Waals surface area contributed by atoms with Gasteiger partial charge < -0.3 is 9.84 Å². The Morgan fingerprint density at radius 1 is 0.528 bits per heavy atom. The van der Waals surface area contributed by atoms with Crippen molar-refractivity contribution >= 4 is 36.0 Å². The molecule has 0 saturated carbocycles. The first-order valence-electron chi connectivity index (χ1n) is 12.8. The number of hydrogen-bond acceptors (Lipinski definition) is 2. The molecule has 5 rings (SSSR count). The molecule has 0 radical (unpaired) electrons. The van der Waals surface area contributed by atoms with Gasteiger partial charge in [-0.25, -0.2) is 0 Å². The van der Waals surface area contributed by atoms with Gasteiger partial charge in [0.1, 0.15) is 5.97 Å². The van der Waals surface area contributed by atoms with Crippen LogP contribution in [0.25, 0.3) is 0 Å². The number of aryl methyl sites for hydroxylation is 6. The van der Waals surface area contributed by atoms with Crippen molar-refractivity contribution in [1.29, 1.82) is 0 Å². The zero-order chi connectivity index (χ0) is 25.6. The van der Waals surface area contributed by atoms with Gasteiger partial charge in [0.05, 0.1) is 0 Å². The van der Waals surface area contributed by atoms with Gasteiger partial charge in [-0.3, -0.25) is 4.39 Å². The molecule has 0 aliphatic carbocycles. The molecule has 5 heteroatoms. The summed E-state index contributed by atoms with van der Waals surface area (Å²) >= 11 is 0. The second kappa shape index (κ2) is 9.54. The summed E-state index contributed by atoms with van der Waals surface area (Å²) in [5.74, 6) is -1.15. The summed E-state index contributed by atoms with van der Waals surface area (Å²) in [5.41, 5.74) is 11.0. The SMILES string of the molecule is Cc1cc(C)c(B2C(F)B(c3c(C)cc(C)cc3C)N(c3ccccc3)N2c2ccccc2)c(C)c1. The average Bonchev–Trinajstić information content (AvgIpc) is 3.11. The van der Waals surface area contributed by atoms with Crippen LogP contribution in [-0.2, 0) is 0 Å². The lowest BCUT2D eigenvalue weighted by Gasteiger charge is -2.39. The lowest BCUT2D eigenvalue weighted by molar-refractivity contribution is 0.538. The van der Waals surface area contributed by atoms with Gasteiger partial charge in [0, 0.05) is 11.4 Å². The fraction of sp³-hybridized carbons (Fsp3) is 0.226. The maximum absolute atomic E-state index is 17.3. The summed E-state index contributed by atoms with van der Waals surface area (Å²) in [4.78, 5) is 4.40. The van der Waals surface area contributed by atoms with Gasteiger partial charge in [-0.1, -0.05) is 94.0 Å². The molecule has 0 N–H and O–H groups in total. The standard InChI is InChI=1S/C31H33B2FN2/c1-21-17-23(3)29(24(4)18-21)32-31(34)33(30-25(5)19-22(2)20-26(30)6)36(28-15-11-8-12-16-28)35(32)27-13-9-7-10-14-27/h7-20,31H,1-6H3. The van der Waals surface area contributed by atoms with Gasteiger partial charge in [-0.15, -0.1) is 0 Å².